The van der Waals surface area contributed by atoms with Crippen molar-refractivity contribution < 1.29 is 14.3 Å². The van der Waals surface area contributed by atoms with E-state index in [1.165, 1.54) is 0 Å². The number of nitrogens with one attached hydrogen (secondary N) is 1. The number of nitrogens with zero attached hydrogens (tertiary/aromatic N) is 1. The van der Waals surface area contributed by atoms with Crippen LogP contribution in [0.2, 0.25) is 0 Å². The van der Waals surface area contributed by atoms with Crippen molar-refractivity contribution in [2.24, 2.45) is 11.7 Å². The summed E-state index contributed by atoms with van der Waals surface area (Å²) in [6, 6.07) is 7.63. The maximum atomic E-state index is 12.2. The highest BCUT2D eigenvalue weighted by Crippen LogP contribution is 2.18. The second kappa shape index (κ2) is 10.2. The normalized spacial score (nSPS) is 14.7. The summed E-state index contributed by atoms with van der Waals surface area (Å²) in [5.41, 5.74) is 6.44. The summed E-state index contributed by atoms with van der Waals surface area (Å²) < 4.78 is 5.11. The number of halogens is 1. The molecule has 1 fully saturated rings. The van der Waals surface area contributed by atoms with E-state index in [0.717, 1.165) is 11.3 Å². The minimum absolute atomic E-state index is 0. The summed E-state index contributed by atoms with van der Waals surface area (Å²) in [5, 5.41) is 2.97. The fraction of sp³-hybridized carbons (Fsp3) is 0.529. The zero-order valence-corrected chi connectivity index (χ0v) is 14.8. The van der Waals surface area contributed by atoms with Crippen molar-refractivity contribution in [1.82, 2.24) is 10.2 Å². The van der Waals surface area contributed by atoms with Gasteiger partial charge in [-0.15, -0.1) is 12.4 Å². The first-order valence-electron chi connectivity index (χ1n) is 8.02. The molecule has 0 aromatic heterocycles. The van der Waals surface area contributed by atoms with Crippen molar-refractivity contribution in [3.63, 3.8) is 0 Å². The van der Waals surface area contributed by atoms with E-state index >= 15 is 0 Å². The number of ether oxygens (including phenoxy) is 1. The zero-order chi connectivity index (χ0) is 16.7. The Morgan fingerprint density at radius 3 is 2.42 bits per heavy atom. The molecule has 0 unspecified atom stereocenters. The smallest absolute Gasteiger partial charge is 0.223 e. The molecule has 1 aliphatic rings. The third-order valence-corrected chi connectivity index (χ3v) is 4.20. The third kappa shape index (κ3) is 5.69. The Balaban J connectivity index is 0.00000288. The summed E-state index contributed by atoms with van der Waals surface area (Å²) in [6.45, 7) is 2.16. The maximum Gasteiger partial charge on any atom is 0.223 e. The Hall–Kier alpha value is -1.79. The Kier molecular flexibility index (Phi) is 8.57. The summed E-state index contributed by atoms with van der Waals surface area (Å²) >= 11 is 0. The summed E-state index contributed by atoms with van der Waals surface area (Å²) in [4.78, 5) is 25.8. The van der Waals surface area contributed by atoms with Crippen molar-refractivity contribution in [3.05, 3.63) is 29.8 Å². The van der Waals surface area contributed by atoms with Crippen LogP contribution in [0.15, 0.2) is 24.3 Å². The average Bonchev–Trinajstić information content (AvgIpc) is 2.60. The van der Waals surface area contributed by atoms with Gasteiger partial charge in [0, 0.05) is 38.5 Å². The molecule has 0 aliphatic carbocycles. The molecule has 1 aliphatic heterocycles. The first-order chi connectivity index (χ1) is 11.1. The number of likely N-dealkylation sites (tertiary alicyclic amines) is 1. The average molecular weight is 356 g/mol. The Labute approximate surface area is 149 Å². The lowest BCUT2D eigenvalue weighted by Crippen LogP contribution is -2.43. The van der Waals surface area contributed by atoms with Crippen molar-refractivity contribution in [1.29, 1.82) is 0 Å². The van der Waals surface area contributed by atoms with Gasteiger partial charge in [0.1, 0.15) is 5.75 Å². The van der Waals surface area contributed by atoms with Gasteiger partial charge in [0.25, 0.3) is 0 Å². The van der Waals surface area contributed by atoms with Gasteiger partial charge in [-0.1, -0.05) is 12.1 Å². The molecule has 0 saturated carbocycles. The summed E-state index contributed by atoms with van der Waals surface area (Å²) in [5.74, 6) is 0.932. The Morgan fingerprint density at radius 1 is 1.25 bits per heavy atom. The predicted octanol–water partition coefficient (Wildman–Crippen LogP) is 1.32. The summed E-state index contributed by atoms with van der Waals surface area (Å²) in [6.07, 6.45) is 1.81. The molecule has 2 rings (SSSR count). The van der Waals surface area contributed by atoms with Crippen LogP contribution < -0.4 is 15.8 Å². The Morgan fingerprint density at radius 2 is 1.88 bits per heavy atom. The first-order valence-corrected chi connectivity index (χ1v) is 8.02. The van der Waals surface area contributed by atoms with E-state index < -0.39 is 0 Å². The quantitative estimate of drug-likeness (QED) is 0.806. The molecular weight excluding hydrogens is 330 g/mol. The maximum absolute atomic E-state index is 12.2. The number of benzene rings is 1. The van der Waals surface area contributed by atoms with Gasteiger partial charge in [-0.05, 0) is 30.5 Å². The lowest BCUT2D eigenvalue weighted by molar-refractivity contribution is -0.135. The standard InChI is InChI=1S/C17H25N3O3.ClH/c1-23-15-4-2-13(3-5-15)12-19-17(22)14-7-10-20(11-8-14)16(21)6-9-18;/h2-5,14H,6-12,18H2,1H3,(H,19,22);1H. The highest BCUT2D eigenvalue weighted by molar-refractivity contribution is 5.85. The number of carbonyl (C=O) groups is 2. The molecule has 2 amide bonds. The van der Waals surface area contributed by atoms with Crippen LogP contribution in [0, 0.1) is 5.92 Å². The highest BCUT2D eigenvalue weighted by Gasteiger charge is 2.26. The van der Waals surface area contributed by atoms with Crippen molar-refractivity contribution >= 4 is 24.2 Å². The van der Waals surface area contributed by atoms with Crippen LogP contribution >= 0.6 is 12.4 Å². The molecule has 24 heavy (non-hydrogen) atoms. The van der Waals surface area contributed by atoms with Crippen molar-refractivity contribution in [2.75, 3.05) is 26.7 Å². The molecule has 0 atom stereocenters. The van der Waals surface area contributed by atoms with Crippen LogP contribution in [-0.4, -0.2) is 43.5 Å². The largest absolute Gasteiger partial charge is 0.497 e. The zero-order valence-electron chi connectivity index (χ0n) is 14.0. The van der Waals surface area contributed by atoms with Gasteiger partial charge >= 0.3 is 0 Å². The molecule has 6 nitrogen and oxygen atoms in total. The van der Waals surface area contributed by atoms with E-state index in [1.54, 1.807) is 12.0 Å². The van der Waals surface area contributed by atoms with Crippen LogP contribution in [0.4, 0.5) is 0 Å². The van der Waals surface area contributed by atoms with E-state index in [-0.39, 0.29) is 30.1 Å². The van der Waals surface area contributed by atoms with E-state index in [1.807, 2.05) is 24.3 Å². The van der Waals surface area contributed by atoms with E-state index in [9.17, 15) is 9.59 Å². The van der Waals surface area contributed by atoms with Crippen LogP contribution in [0.5, 0.6) is 5.75 Å². The van der Waals surface area contributed by atoms with Gasteiger partial charge in [-0.3, -0.25) is 9.59 Å². The molecular formula is C17H26ClN3O3. The number of hydrogen-bond donors (Lipinski definition) is 2. The van der Waals surface area contributed by atoms with E-state index in [0.29, 0.717) is 45.4 Å². The molecule has 1 heterocycles. The Bertz CT molecular complexity index is 528. The third-order valence-electron chi connectivity index (χ3n) is 4.20. The van der Waals surface area contributed by atoms with Gasteiger partial charge in [0.2, 0.25) is 11.8 Å². The number of carbonyl (C=O) groups excluding carboxylic acids is 2. The molecule has 134 valence electrons. The molecule has 3 N–H and O–H groups in total. The fourth-order valence-electron chi connectivity index (χ4n) is 2.75. The summed E-state index contributed by atoms with van der Waals surface area (Å²) in [7, 11) is 1.63. The van der Waals surface area contributed by atoms with Gasteiger partial charge in [-0.2, -0.15) is 0 Å². The number of hydrogen-bond acceptors (Lipinski definition) is 4. The van der Waals surface area contributed by atoms with Crippen LogP contribution in [0.1, 0.15) is 24.8 Å². The monoisotopic (exact) mass is 355 g/mol. The van der Waals surface area contributed by atoms with Crippen LogP contribution in [-0.2, 0) is 16.1 Å². The van der Waals surface area contributed by atoms with E-state index in [4.69, 9.17) is 10.5 Å². The number of nitrogens with two attached hydrogens (primary N) is 1. The molecule has 7 heteroatoms. The molecule has 1 saturated heterocycles. The van der Waals surface area contributed by atoms with Crippen molar-refractivity contribution in [3.8, 4) is 5.75 Å². The lowest BCUT2D eigenvalue weighted by Gasteiger charge is -2.31. The van der Waals surface area contributed by atoms with Crippen molar-refractivity contribution in [2.45, 2.75) is 25.8 Å². The van der Waals surface area contributed by atoms with Gasteiger partial charge in [-0.25, -0.2) is 0 Å². The second-order valence-corrected chi connectivity index (χ2v) is 5.76. The minimum atomic E-state index is -0.0184. The number of rotatable bonds is 6. The molecule has 1 aromatic carbocycles. The van der Waals surface area contributed by atoms with Gasteiger partial charge in [0.15, 0.2) is 0 Å². The first kappa shape index (κ1) is 20.3. The highest BCUT2D eigenvalue weighted by atomic mass is 35.5. The number of methoxy groups -OCH3 is 1. The molecule has 0 radical (unpaired) electrons. The van der Waals surface area contributed by atoms with Crippen LogP contribution in [0.3, 0.4) is 0 Å². The molecule has 0 bridgehead atoms. The van der Waals surface area contributed by atoms with Crippen LogP contribution in [0.25, 0.3) is 0 Å². The van der Waals surface area contributed by atoms with E-state index in [2.05, 4.69) is 5.32 Å². The minimum Gasteiger partial charge on any atom is -0.497 e. The fourth-order valence-corrected chi connectivity index (χ4v) is 2.75. The number of amides is 2. The molecule has 0 spiro atoms. The lowest BCUT2D eigenvalue weighted by atomic mass is 9.95. The van der Waals surface area contributed by atoms with Gasteiger partial charge in [0.05, 0.1) is 7.11 Å². The number of piperidine rings is 1. The predicted molar refractivity (Wildman–Crippen MR) is 95.1 cm³/mol. The van der Waals surface area contributed by atoms with Gasteiger partial charge < -0.3 is 20.7 Å². The second-order valence-electron chi connectivity index (χ2n) is 5.76. The SMILES string of the molecule is COc1ccc(CNC(=O)C2CCN(C(=O)CCN)CC2)cc1.Cl. The topological polar surface area (TPSA) is 84.7 Å². The molecule has 1 aromatic rings.